The van der Waals surface area contributed by atoms with Gasteiger partial charge in [0.05, 0.1) is 5.69 Å². The van der Waals surface area contributed by atoms with Crippen LogP contribution in [0, 0.1) is 5.92 Å². The molecule has 9 heteroatoms. The number of amides is 2. The number of aryl methyl sites for hydroxylation is 1. The molecule has 0 bridgehead atoms. The van der Waals surface area contributed by atoms with Crippen molar-refractivity contribution in [2.45, 2.75) is 25.8 Å². The van der Waals surface area contributed by atoms with E-state index >= 15 is 0 Å². The Hall–Kier alpha value is -3.23. The average molecular weight is 366 g/mol. The van der Waals surface area contributed by atoms with Crippen LogP contribution in [0.25, 0.3) is 5.69 Å². The quantitative estimate of drug-likeness (QED) is 0.747. The maximum absolute atomic E-state index is 12.5. The standard InChI is InChI=1S/C18H22N8O/c27-18(21-16-2-4-17(5-3-16)26-14-19-22-23-26)24-11-6-15(7-12-24)8-13-25-10-1-9-20-25/h1-5,9-10,14-15H,6-8,11-13H2,(H,21,27). The van der Waals surface area contributed by atoms with Crippen LogP contribution in [-0.4, -0.2) is 54.0 Å². The molecule has 1 aliphatic rings. The summed E-state index contributed by atoms with van der Waals surface area (Å²) in [5.41, 5.74) is 1.61. The molecule has 1 saturated heterocycles. The molecule has 0 atom stereocenters. The van der Waals surface area contributed by atoms with Crippen molar-refractivity contribution >= 4 is 11.7 Å². The molecule has 0 aliphatic carbocycles. The molecule has 0 saturated carbocycles. The van der Waals surface area contributed by atoms with Gasteiger partial charge in [-0.1, -0.05) is 0 Å². The summed E-state index contributed by atoms with van der Waals surface area (Å²) in [4.78, 5) is 14.4. The van der Waals surface area contributed by atoms with Gasteiger partial charge >= 0.3 is 6.03 Å². The van der Waals surface area contributed by atoms with Crippen LogP contribution in [0.2, 0.25) is 0 Å². The number of likely N-dealkylation sites (tertiary alicyclic amines) is 1. The first-order chi connectivity index (χ1) is 13.3. The Bertz CT molecular complexity index is 836. The van der Waals surface area contributed by atoms with Gasteiger partial charge in [0, 0.05) is 37.7 Å². The number of aromatic nitrogens is 6. The summed E-state index contributed by atoms with van der Waals surface area (Å²) >= 11 is 0. The Labute approximate surface area is 157 Å². The summed E-state index contributed by atoms with van der Waals surface area (Å²) in [6.45, 7) is 2.52. The molecule has 0 spiro atoms. The van der Waals surface area contributed by atoms with Crippen LogP contribution in [-0.2, 0) is 6.54 Å². The lowest BCUT2D eigenvalue weighted by molar-refractivity contribution is 0.177. The fourth-order valence-electron chi connectivity index (χ4n) is 3.35. The van der Waals surface area contributed by atoms with Crippen molar-refractivity contribution in [3.63, 3.8) is 0 Å². The number of nitrogens with one attached hydrogen (secondary N) is 1. The Balaban J connectivity index is 1.24. The SMILES string of the molecule is O=C(Nc1ccc(-n2cnnn2)cc1)N1CCC(CCn2cccn2)CC1. The monoisotopic (exact) mass is 366 g/mol. The third-order valence-corrected chi connectivity index (χ3v) is 4.96. The van der Waals surface area contributed by atoms with Crippen LogP contribution in [0.5, 0.6) is 0 Å². The van der Waals surface area contributed by atoms with E-state index in [9.17, 15) is 4.79 Å². The molecule has 0 unspecified atom stereocenters. The van der Waals surface area contributed by atoms with Crippen LogP contribution in [0.1, 0.15) is 19.3 Å². The number of benzene rings is 1. The predicted octanol–water partition coefficient (Wildman–Crippen LogP) is 2.19. The zero-order chi connectivity index (χ0) is 18.5. The molecule has 9 nitrogen and oxygen atoms in total. The summed E-state index contributed by atoms with van der Waals surface area (Å²) in [5.74, 6) is 0.647. The maximum Gasteiger partial charge on any atom is 0.321 e. The topological polar surface area (TPSA) is 93.8 Å². The maximum atomic E-state index is 12.5. The van der Waals surface area contributed by atoms with Gasteiger partial charge in [0.15, 0.2) is 0 Å². The molecule has 3 heterocycles. The highest BCUT2D eigenvalue weighted by Crippen LogP contribution is 2.22. The number of urea groups is 1. The summed E-state index contributed by atoms with van der Waals surface area (Å²) in [6.07, 6.45) is 8.51. The lowest BCUT2D eigenvalue weighted by atomic mass is 9.94. The Morgan fingerprint density at radius 1 is 1.19 bits per heavy atom. The zero-order valence-electron chi connectivity index (χ0n) is 15.0. The number of piperidine rings is 1. The number of rotatable bonds is 5. The summed E-state index contributed by atoms with van der Waals surface area (Å²) in [5, 5.41) is 18.3. The van der Waals surface area contributed by atoms with Gasteiger partial charge in [-0.05, 0) is 65.9 Å². The van der Waals surface area contributed by atoms with Gasteiger partial charge in [-0.25, -0.2) is 9.48 Å². The summed E-state index contributed by atoms with van der Waals surface area (Å²) in [7, 11) is 0. The molecule has 2 amide bonds. The minimum Gasteiger partial charge on any atom is -0.325 e. The van der Waals surface area contributed by atoms with Gasteiger partial charge in [0.2, 0.25) is 0 Å². The van der Waals surface area contributed by atoms with E-state index in [1.165, 1.54) is 6.33 Å². The van der Waals surface area contributed by atoms with E-state index in [4.69, 9.17) is 0 Å². The van der Waals surface area contributed by atoms with Crippen molar-refractivity contribution in [1.29, 1.82) is 0 Å². The smallest absolute Gasteiger partial charge is 0.321 e. The molecule has 140 valence electrons. The third kappa shape index (κ3) is 4.30. The molecule has 2 aromatic heterocycles. The second-order valence-corrected chi connectivity index (χ2v) is 6.72. The fraction of sp³-hybridized carbons (Fsp3) is 0.389. The minimum absolute atomic E-state index is 0.0456. The molecule has 1 aromatic carbocycles. The Morgan fingerprint density at radius 2 is 2.00 bits per heavy atom. The zero-order valence-corrected chi connectivity index (χ0v) is 15.0. The van der Waals surface area contributed by atoms with Crippen molar-refractivity contribution in [3.8, 4) is 5.69 Å². The number of anilines is 1. The van der Waals surface area contributed by atoms with E-state index in [-0.39, 0.29) is 6.03 Å². The van der Waals surface area contributed by atoms with E-state index in [1.807, 2.05) is 52.3 Å². The molecule has 1 aliphatic heterocycles. The van der Waals surface area contributed by atoms with E-state index in [0.29, 0.717) is 5.92 Å². The molecular weight excluding hydrogens is 344 g/mol. The number of hydrogen-bond acceptors (Lipinski definition) is 5. The van der Waals surface area contributed by atoms with E-state index in [2.05, 4.69) is 25.9 Å². The lowest BCUT2D eigenvalue weighted by Gasteiger charge is -2.32. The van der Waals surface area contributed by atoms with E-state index in [1.54, 1.807) is 4.68 Å². The van der Waals surface area contributed by atoms with Crippen LogP contribution < -0.4 is 5.32 Å². The first-order valence-corrected chi connectivity index (χ1v) is 9.15. The number of carbonyl (C=O) groups is 1. The summed E-state index contributed by atoms with van der Waals surface area (Å²) < 4.78 is 3.54. The molecule has 1 N–H and O–H groups in total. The van der Waals surface area contributed by atoms with Gasteiger partial charge in [0.1, 0.15) is 6.33 Å². The van der Waals surface area contributed by atoms with Gasteiger partial charge in [-0.15, -0.1) is 5.10 Å². The largest absolute Gasteiger partial charge is 0.325 e. The van der Waals surface area contributed by atoms with Gasteiger partial charge in [0.25, 0.3) is 0 Å². The lowest BCUT2D eigenvalue weighted by Crippen LogP contribution is -2.41. The normalized spacial score (nSPS) is 15.0. The first-order valence-electron chi connectivity index (χ1n) is 9.15. The molecular formula is C18H22N8O. The Kier molecular flexibility index (Phi) is 5.08. The van der Waals surface area contributed by atoms with Crippen molar-refractivity contribution in [1.82, 2.24) is 34.9 Å². The predicted molar refractivity (Wildman–Crippen MR) is 99.3 cm³/mol. The summed E-state index contributed by atoms with van der Waals surface area (Å²) in [6, 6.07) is 9.34. The number of nitrogens with zero attached hydrogens (tertiary/aromatic N) is 7. The van der Waals surface area contributed by atoms with Crippen molar-refractivity contribution in [2.75, 3.05) is 18.4 Å². The molecule has 4 rings (SSSR count). The second kappa shape index (κ2) is 7.98. The highest BCUT2D eigenvalue weighted by Gasteiger charge is 2.22. The van der Waals surface area contributed by atoms with Crippen LogP contribution >= 0.6 is 0 Å². The molecule has 1 fully saturated rings. The van der Waals surface area contributed by atoms with Crippen LogP contribution in [0.4, 0.5) is 10.5 Å². The van der Waals surface area contributed by atoms with Gasteiger partial charge in [-0.3, -0.25) is 4.68 Å². The number of hydrogen-bond donors (Lipinski definition) is 1. The van der Waals surface area contributed by atoms with Crippen LogP contribution in [0.15, 0.2) is 49.1 Å². The molecule has 27 heavy (non-hydrogen) atoms. The van der Waals surface area contributed by atoms with Crippen molar-refractivity contribution < 1.29 is 4.79 Å². The number of carbonyl (C=O) groups excluding carboxylic acids is 1. The molecule has 0 radical (unpaired) electrons. The van der Waals surface area contributed by atoms with Crippen molar-refractivity contribution in [2.24, 2.45) is 5.92 Å². The van der Waals surface area contributed by atoms with Gasteiger partial charge < -0.3 is 10.2 Å². The molecule has 3 aromatic rings. The number of tetrazole rings is 1. The average Bonchev–Trinajstić information content (AvgIpc) is 3.41. The van der Waals surface area contributed by atoms with E-state index in [0.717, 1.165) is 50.3 Å². The minimum atomic E-state index is -0.0456. The highest BCUT2D eigenvalue weighted by molar-refractivity contribution is 5.89. The fourth-order valence-corrected chi connectivity index (χ4v) is 3.35. The van der Waals surface area contributed by atoms with Gasteiger partial charge in [-0.2, -0.15) is 5.10 Å². The third-order valence-electron chi connectivity index (χ3n) is 4.96. The van der Waals surface area contributed by atoms with E-state index < -0.39 is 0 Å². The van der Waals surface area contributed by atoms with Crippen molar-refractivity contribution in [3.05, 3.63) is 49.1 Å². The Morgan fingerprint density at radius 3 is 2.67 bits per heavy atom. The second-order valence-electron chi connectivity index (χ2n) is 6.72. The van der Waals surface area contributed by atoms with Crippen LogP contribution in [0.3, 0.4) is 0 Å². The first kappa shape index (κ1) is 17.2. The highest BCUT2D eigenvalue weighted by atomic mass is 16.2.